The molecule has 1 aliphatic heterocycles. The Hall–Kier alpha value is -2.32. The second-order valence-electron chi connectivity index (χ2n) is 7.65. The van der Waals surface area contributed by atoms with E-state index in [9.17, 15) is 13.2 Å². The van der Waals surface area contributed by atoms with Gasteiger partial charge in [0.15, 0.2) is 5.76 Å². The number of furan rings is 1. The summed E-state index contributed by atoms with van der Waals surface area (Å²) >= 11 is 0. The van der Waals surface area contributed by atoms with Crippen molar-refractivity contribution in [3.63, 3.8) is 0 Å². The summed E-state index contributed by atoms with van der Waals surface area (Å²) in [4.78, 5) is 12.6. The average molecular weight is 419 g/mol. The van der Waals surface area contributed by atoms with E-state index >= 15 is 0 Å². The van der Waals surface area contributed by atoms with Crippen LogP contribution in [0.25, 0.3) is 0 Å². The SMILES string of the molecule is Cc1oc(C(=O)Nc2ccc(OC3CCCC3)cc2)cc1S(=O)(=O)N1CCCC1. The van der Waals surface area contributed by atoms with Crippen molar-refractivity contribution < 1.29 is 22.4 Å². The van der Waals surface area contributed by atoms with Crippen LogP contribution in [0, 0.1) is 6.92 Å². The molecule has 0 unspecified atom stereocenters. The minimum absolute atomic E-state index is 0.0217. The van der Waals surface area contributed by atoms with Gasteiger partial charge in [0.05, 0.1) is 6.10 Å². The molecule has 8 heteroatoms. The van der Waals surface area contributed by atoms with Crippen LogP contribution < -0.4 is 10.1 Å². The van der Waals surface area contributed by atoms with Crippen molar-refractivity contribution in [1.82, 2.24) is 4.31 Å². The molecular weight excluding hydrogens is 392 g/mol. The molecule has 1 aliphatic carbocycles. The zero-order chi connectivity index (χ0) is 20.4. The van der Waals surface area contributed by atoms with Crippen LogP contribution in [0.3, 0.4) is 0 Å². The van der Waals surface area contributed by atoms with Crippen LogP contribution in [0.4, 0.5) is 5.69 Å². The molecule has 0 spiro atoms. The molecule has 0 radical (unpaired) electrons. The number of hydrogen-bond acceptors (Lipinski definition) is 5. The Morgan fingerprint density at radius 3 is 2.41 bits per heavy atom. The van der Waals surface area contributed by atoms with Gasteiger partial charge < -0.3 is 14.5 Å². The fourth-order valence-corrected chi connectivity index (χ4v) is 5.59. The molecule has 2 aromatic rings. The number of carbonyl (C=O) groups excluding carboxylic acids is 1. The first-order valence-corrected chi connectivity index (χ1v) is 11.6. The molecule has 29 heavy (non-hydrogen) atoms. The van der Waals surface area contributed by atoms with Crippen molar-refractivity contribution in [3.05, 3.63) is 41.9 Å². The van der Waals surface area contributed by atoms with Gasteiger partial charge in [0.25, 0.3) is 5.91 Å². The molecule has 0 atom stereocenters. The second kappa shape index (κ2) is 8.20. The van der Waals surface area contributed by atoms with Gasteiger partial charge in [0.1, 0.15) is 16.4 Å². The highest BCUT2D eigenvalue weighted by atomic mass is 32.2. The fourth-order valence-electron chi connectivity index (χ4n) is 3.91. The molecule has 2 fully saturated rings. The van der Waals surface area contributed by atoms with Gasteiger partial charge in [-0.3, -0.25) is 4.79 Å². The predicted octanol–water partition coefficient (Wildman–Crippen LogP) is 3.95. The predicted molar refractivity (Wildman–Crippen MR) is 109 cm³/mol. The van der Waals surface area contributed by atoms with E-state index < -0.39 is 15.9 Å². The summed E-state index contributed by atoms with van der Waals surface area (Å²) in [6.07, 6.45) is 6.55. The van der Waals surface area contributed by atoms with Crippen molar-refractivity contribution >= 4 is 21.6 Å². The van der Waals surface area contributed by atoms with Gasteiger partial charge in [-0.05, 0) is 69.7 Å². The zero-order valence-corrected chi connectivity index (χ0v) is 17.3. The minimum Gasteiger partial charge on any atom is -0.490 e. The van der Waals surface area contributed by atoms with Gasteiger partial charge in [-0.1, -0.05) is 0 Å². The highest BCUT2D eigenvalue weighted by Gasteiger charge is 2.31. The number of nitrogens with zero attached hydrogens (tertiary/aromatic N) is 1. The highest BCUT2D eigenvalue weighted by Crippen LogP contribution is 2.28. The fraction of sp³-hybridized carbons (Fsp3) is 0.476. The van der Waals surface area contributed by atoms with Gasteiger partial charge in [0.2, 0.25) is 10.0 Å². The van der Waals surface area contributed by atoms with Gasteiger partial charge in [-0.15, -0.1) is 0 Å². The van der Waals surface area contributed by atoms with Crippen molar-refractivity contribution in [1.29, 1.82) is 0 Å². The molecule has 156 valence electrons. The van der Waals surface area contributed by atoms with Crippen molar-refractivity contribution in [3.8, 4) is 5.75 Å². The molecule has 1 aromatic heterocycles. The van der Waals surface area contributed by atoms with Gasteiger partial charge in [-0.25, -0.2) is 8.42 Å². The number of benzene rings is 1. The van der Waals surface area contributed by atoms with E-state index in [1.165, 1.54) is 23.2 Å². The first-order valence-electron chi connectivity index (χ1n) is 10.1. The molecular formula is C21H26N2O5S. The smallest absolute Gasteiger partial charge is 0.291 e. The van der Waals surface area contributed by atoms with E-state index in [-0.39, 0.29) is 22.5 Å². The number of ether oxygens (including phenoxy) is 1. The second-order valence-corrected chi connectivity index (χ2v) is 9.55. The molecule has 1 saturated carbocycles. The number of anilines is 1. The van der Waals surface area contributed by atoms with Crippen LogP contribution in [0.2, 0.25) is 0 Å². The number of carbonyl (C=O) groups is 1. The van der Waals surface area contributed by atoms with Gasteiger partial charge >= 0.3 is 0 Å². The number of sulfonamides is 1. The van der Waals surface area contributed by atoms with E-state index in [0.29, 0.717) is 18.8 Å². The number of hydrogen-bond donors (Lipinski definition) is 1. The van der Waals surface area contributed by atoms with E-state index in [1.807, 2.05) is 12.1 Å². The standard InChI is InChI=1S/C21H26N2O5S/c1-15-20(29(25,26)23-12-4-5-13-23)14-19(27-15)21(24)22-16-8-10-18(11-9-16)28-17-6-2-3-7-17/h8-11,14,17H,2-7,12-13H2,1H3,(H,22,24). The molecule has 1 saturated heterocycles. The summed E-state index contributed by atoms with van der Waals surface area (Å²) in [5.74, 6) is 0.497. The largest absolute Gasteiger partial charge is 0.490 e. The summed E-state index contributed by atoms with van der Waals surface area (Å²) in [5.41, 5.74) is 0.590. The maximum atomic E-state index is 12.7. The highest BCUT2D eigenvalue weighted by molar-refractivity contribution is 7.89. The lowest BCUT2D eigenvalue weighted by atomic mass is 10.2. The van der Waals surface area contributed by atoms with E-state index in [0.717, 1.165) is 31.4 Å². The summed E-state index contributed by atoms with van der Waals surface area (Å²) in [5, 5.41) is 2.74. The zero-order valence-electron chi connectivity index (χ0n) is 16.5. The van der Waals surface area contributed by atoms with Gasteiger partial charge in [-0.2, -0.15) is 4.31 Å². The van der Waals surface area contributed by atoms with E-state index in [1.54, 1.807) is 19.1 Å². The lowest BCUT2D eigenvalue weighted by Crippen LogP contribution is -2.28. The summed E-state index contributed by atoms with van der Waals surface area (Å²) in [6.45, 7) is 2.57. The molecule has 1 amide bonds. The monoisotopic (exact) mass is 418 g/mol. The Balaban J connectivity index is 1.43. The Morgan fingerprint density at radius 1 is 1.10 bits per heavy atom. The first kappa shape index (κ1) is 20.0. The van der Waals surface area contributed by atoms with Crippen molar-refractivity contribution in [2.75, 3.05) is 18.4 Å². The summed E-state index contributed by atoms with van der Waals surface area (Å²) in [7, 11) is -3.63. The maximum absolute atomic E-state index is 12.7. The Morgan fingerprint density at radius 2 is 1.76 bits per heavy atom. The molecule has 0 bridgehead atoms. The van der Waals surface area contributed by atoms with Crippen LogP contribution in [0.5, 0.6) is 5.75 Å². The van der Waals surface area contributed by atoms with E-state index in [2.05, 4.69) is 5.32 Å². The first-order chi connectivity index (χ1) is 13.9. The van der Waals surface area contributed by atoms with Crippen LogP contribution in [0.15, 0.2) is 39.6 Å². The molecule has 1 aromatic carbocycles. The maximum Gasteiger partial charge on any atom is 0.291 e. The Labute approximate surface area is 171 Å². The Kier molecular flexibility index (Phi) is 5.65. The number of aryl methyl sites for hydroxylation is 1. The quantitative estimate of drug-likeness (QED) is 0.767. The van der Waals surface area contributed by atoms with Crippen molar-refractivity contribution in [2.45, 2.75) is 56.4 Å². The van der Waals surface area contributed by atoms with Gasteiger partial charge in [0, 0.05) is 24.8 Å². The number of amides is 1. The third-order valence-corrected chi connectivity index (χ3v) is 7.50. The van der Waals surface area contributed by atoms with Crippen LogP contribution >= 0.6 is 0 Å². The summed E-state index contributed by atoms with van der Waals surface area (Å²) < 4.78 is 38.3. The van der Waals surface area contributed by atoms with Crippen LogP contribution in [0.1, 0.15) is 54.8 Å². The topological polar surface area (TPSA) is 88.8 Å². The normalized spacial score (nSPS) is 18.2. The van der Waals surface area contributed by atoms with Crippen molar-refractivity contribution in [2.24, 2.45) is 0 Å². The lowest BCUT2D eigenvalue weighted by Gasteiger charge is -2.14. The number of rotatable bonds is 6. The number of nitrogens with one attached hydrogen (secondary N) is 1. The molecule has 1 N–H and O–H groups in total. The molecule has 2 heterocycles. The third-order valence-electron chi connectivity index (χ3n) is 5.50. The van der Waals surface area contributed by atoms with E-state index in [4.69, 9.17) is 9.15 Å². The Bertz CT molecular complexity index is 969. The third kappa shape index (κ3) is 4.33. The lowest BCUT2D eigenvalue weighted by molar-refractivity contribution is 0.0995. The van der Waals surface area contributed by atoms with Crippen LogP contribution in [-0.4, -0.2) is 37.8 Å². The molecule has 2 aliphatic rings. The molecule has 4 rings (SSSR count). The minimum atomic E-state index is -3.63. The van der Waals surface area contributed by atoms with Crippen LogP contribution in [-0.2, 0) is 10.0 Å². The average Bonchev–Trinajstić information content (AvgIpc) is 3.45. The summed E-state index contributed by atoms with van der Waals surface area (Å²) in [6, 6.07) is 8.49. The molecule has 7 nitrogen and oxygen atoms in total.